The predicted octanol–water partition coefficient (Wildman–Crippen LogP) is 20.9. The van der Waals surface area contributed by atoms with Crippen molar-refractivity contribution in [3.8, 4) is 33.8 Å². The second-order valence-corrected chi connectivity index (χ2v) is 27.8. The van der Waals surface area contributed by atoms with Crippen LogP contribution in [0.5, 0.6) is 0 Å². The smallest absolute Gasteiger partial charge is 0.227 e. The van der Waals surface area contributed by atoms with Gasteiger partial charge in [-0.1, -0.05) is 101 Å². The number of anilines is 11. The Labute approximate surface area is 647 Å². The van der Waals surface area contributed by atoms with E-state index < -0.39 is 0 Å². The van der Waals surface area contributed by atoms with Crippen molar-refractivity contribution in [3.63, 3.8) is 0 Å². The lowest BCUT2D eigenvalue weighted by atomic mass is 10.0. The molecule has 0 atom stereocenters. The van der Waals surface area contributed by atoms with Crippen molar-refractivity contribution in [1.82, 2.24) is 70.4 Å². The molecule has 1 fully saturated rings. The van der Waals surface area contributed by atoms with Crippen LogP contribution in [-0.2, 0) is 0 Å². The van der Waals surface area contributed by atoms with E-state index in [1.165, 1.54) is 25.9 Å². The minimum atomic E-state index is 0.280. The van der Waals surface area contributed by atoms with Crippen LogP contribution in [-0.4, -0.2) is 84.5 Å². The number of fused-ring (bicyclic) bond motifs is 3. The van der Waals surface area contributed by atoms with Crippen LogP contribution in [0.4, 0.5) is 63.6 Å². The summed E-state index contributed by atoms with van der Waals surface area (Å²) < 4.78 is 0. The summed E-state index contributed by atoms with van der Waals surface area (Å²) in [6.07, 6.45) is 18.3. The summed E-state index contributed by atoms with van der Waals surface area (Å²) in [5.74, 6) is 2.99. The van der Waals surface area contributed by atoms with Gasteiger partial charge in [-0.05, 0) is 218 Å². The normalized spacial score (nSPS) is 11.8. The molecule has 1 aliphatic heterocycles. The molecule has 0 unspecified atom stereocenters. The standard InChI is InChI=1S/2C25H19ClN6.C16H15N5.C9H5Cl2N.C9H20N2/c2*1-16-13-18(29-24-14-20(26)19-6-2-3-7-23(19)30-24)8-9-21(16)31-25-28-12-10-22(32-25)17-5-4-11-27-15-17;1-11-9-13(17)4-5-14(11)20-16-19-8-6-15(21-16)12-3-2-7-18-10-12;10-7-5-9(11)12-8-4-2-1-3-6(7)8;1-9(2,3)11-8-4-6-10-7-5-8/h2*2-15H,1H3,(H,29,30)(H,28,31,32);2-10H,17H2,1H3,(H,19,20,21);1-5H;8,10-11H,4-7H2,1-3H3. The van der Waals surface area contributed by atoms with Crippen molar-refractivity contribution < 1.29 is 0 Å². The van der Waals surface area contributed by atoms with E-state index in [0.717, 1.165) is 123 Å². The highest BCUT2D eigenvalue weighted by Crippen LogP contribution is 2.33. The molecule has 20 nitrogen and oxygen atoms in total. The first kappa shape index (κ1) is 75.8. The molecule has 24 heteroatoms. The molecule has 1 aliphatic rings. The number of hydrogen-bond acceptors (Lipinski definition) is 20. The molecule has 542 valence electrons. The Morgan fingerprint density at radius 1 is 0.389 bits per heavy atom. The molecule has 6 aromatic carbocycles. The number of rotatable bonds is 14. The van der Waals surface area contributed by atoms with Gasteiger partial charge in [0.15, 0.2) is 0 Å². The van der Waals surface area contributed by atoms with Gasteiger partial charge < -0.3 is 43.0 Å². The van der Waals surface area contributed by atoms with Crippen molar-refractivity contribution in [1.29, 1.82) is 0 Å². The average Bonchev–Trinajstić information content (AvgIpc) is 0.807. The van der Waals surface area contributed by atoms with Gasteiger partial charge >= 0.3 is 0 Å². The molecular formula is C84H78Cl4N20. The number of piperidine rings is 1. The molecule has 0 amide bonds. The maximum Gasteiger partial charge on any atom is 0.227 e. The first-order valence-electron chi connectivity index (χ1n) is 34.8. The Morgan fingerprint density at radius 2 is 0.769 bits per heavy atom. The number of halogens is 4. The summed E-state index contributed by atoms with van der Waals surface area (Å²) in [4.78, 5) is 52.5. The summed E-state index contributed by atoms with van der Waals surface area (Å²) >= 11 is 24.5. The van der Waals surface area contributed by atoms with Crippen LogP contribution in [0.3, 0.4) is 0 Å². The number of aromatic nitrogens is 12. The van der Waals surface area contributed by atoms with Crippen molar-refractivity contribution in [2.75, 3.05) is 45.4 Å². The van der Waals surface area contributed by atoms with E-state index in [0.29, 0.717) is 49.7 Å². The quantitative estimate of drug-likeness (QED) is 0.0371. The molecule has 9 N–H and O–H groups in total. The predicted molar refractivity (Wildman–Crippen MR) is 444 cm³/mol. The van der Waals surface area contributed by atoms with E-state index in [1.54, 1.807) is 61.8 Å². The first-order chi connectivity index (χ1) is 52.4. The molecule has 9 aromatic heterocycles. The highest BCUT2D eigenvalue weighted by Gasteiger charge is 2.19. The Balaban J connectivity index is 0.000000134. The zero-order chi connectivity index (χ0) is 75.4. The highest BCUT2D eigenvalue weighted by atomic mass is 35.5. The number of nitrogens with two attached hydrogens (primary N) is 1. The van der Waals surface area contributed by atoms with Gasteiger partial charge in [-0.3, -0.25) is 15.0 Å². The molecule has 10 heterocycles. The minimum Gasteiger partial charge on any atom is -0.399 e. The van der Waals surface area contributed by atoms with Crippen molar-refractivity contribution in [2.45, 2.75) is 66.0 Å². The topological polar surface area (TPSA) is 265 Å². The van der Waals surface area contributed by atoms with Crippen LogP contribution >= 0.6 is 46.4 Å². The van der Waals surface area contributed by atoms with E-state index in [1.807, 2.05) is 215 Å². The van der Waals surface area contributed by atoms with Gasteiger partial charge in [-0.25, -0.2) is 44.9 Å². The number of hydrogen-bond donors (Lipinski definition) is 8. The van der Waals surface area contributed by atoms with Gasteiger partial charge in [0.1, 0.15) is 16.8 Å². The van der Waals surface area contributed by atoms with Gasteiger partial charge in [-0.2, -0.15) is 0 Å². The lowest BCUT2D eigenvalue weighted by Crippen LogP contribution is -2.48. The van der Waals surface area contributed by atoms with E-state index in [9.17, 15) is 0 Å². The molecule has 0 bridgehead atoms. The summed E-state index contributed by atoms with van der Waals surface area (Å²) in [6, 6.07) is 64.1. The number of nitrogens with zero attached hydrogens (tertiary/aromatic N) is 12. The summed E-state index contributed by atoms with van der Waals surface area (Å²) in [7, 11) is 0. The van der Waals surface area contributed by atoms with Crippen molar-refractivity contribution in [3.05, 3.63) is 293 Å². The summed E-state index contributed by atoms with van der Waals surface area (Å²) in [5.41, 5.74) is 22.3. The summed E-state index contributed by atoms with van der Waals surface area (Å²) in [6.45, 7) is 15.1. The Bertz CT molecular complexity index is 5300. The van der Waals surface area contributed by atoms with Crippen LogP contribution < -0.4 is 43.0 Å². The minimum absolute atomic E-state index is 0.280. The molecule has 0 aliphatic carbocycles. The number of aryl methyl sites for hydroxylation is 3. The highest BCUT2D eigenvalue weighted by molar-refractivity contribution is 6.38. The van der Waals surface area contributed by atoms with Crippen LogP contribution in [0.15, 0.2) is 256 Å². The number of para-hydroxylation sites is 3. The number of nitrogens with one attached hydrogen (secondary N) is 7. The van der Waals surface area contributed by atoms with Crippen molar-refractivity contribution in [2.24, 2.45) is 0 Å². The van der Waals surface area contributed by atoms with Gasteiger partial charge in [0, 0.05) is 146 Å². The van der Waals surface area contributed by atoms with Crippen LogP contribution in [0, 0.1) is 20.8 Å². The van der Waals surface area contributed by atoms with E-state index >= 15 is 0 Å². The van der Waals surface area contributed by atoms with Gasteiger partial charge in [-0.15, -0.1) is 0 Å². The van der Waals surface area contributed by atoms with Crippen LogP contribution in [0.25, 0.3) is 66.5 Å². The molecule has 0 spiro atoms. The fraction of sp³-hybridized carbons (Fsp3) is 0.143. The molecule has 108 heavy (non-hydrogen) atoms. The molecular weight excluding hydrogens is 1430 g/mol. The number of benzene rings is 6. The van der Waals surface area contributed by atoms with E-state index in [4.69, 9.17) is 52.1 Å². The third-order valence-electron chi connectivity index (χ3n) is 16.8. The maximum absolute atomic E-state index is 6.42. The second-order valence-electron chi connectivity index (χ2n) is 26.2. The van der Waals surface area contributed by atoms with Crippen molar-refractivity contribution >= 4 is 143 Å². The molecule has 0 saturated carbocycles. The van der Waals surface area contributed by atoms with E-state index in [2.05, 4.69) is 118 Å². The number of pyridine rings is 6. The zero-order valence-corrected chi connectivity index (χ0v) is 63.1. The third kappa shape index (κ3) is 21.4. The maximum atomic E-state index is 6.42. The summed E-state index contributed by atoms with van der Waals surface area (Å²) in [5, 5.41) is 28.7. The Morgan fingerprint density at radius 3 is 1.15 bits per heavy atom. The monoisotopic (exact) mass is 1510 g/mol. The van der Waals surface area contributed by atoms with Gasteiger partial charge in [0.05, 0.1) is 48.7 Å². The van der Waals surface area contributed by atoms with E-state index in [-0.39, 0.29) is 5.54 Å². The zero-order valence-electron chi connectivity index (χ0n) is 60.1. The Kier molecular flexibility index (Phi) is 25.6. The Hall–Kier alpha value is -11.9. The average molecular weight is 1510 g/mol. The largest absolute Gasteiger partial charge is 0.399 e. The van der Waals surface area contributed by atoms with Crippen LogP contribution in [0.1, 0.15) is 50.3 Å². The number of nitrogen functional groups attached to an aromatic ring is 1. The van der Waals surface area contributed by atoms with Gasteiger partial charge in [0.2, 0.25) is 17.8 Å². The first-order valence-corrected chi connectivity index (χ1v) is 36.3. The molecule has 16 rings (SSSR count). The van der Waals surface area contributed by atoms with Gasteiger partial charge in [0.25, 0.3) is 0 Å². The van der Waals surface area contributed by atoms with Crippen LogP contribution in [0.2, 0.25) is 20.2 Å². The molecule has 0 radical (unpaired) electrons. The second kappa shape index (κ2) is 36.4. The third-order valence-corrected chi connectivity index (χ3v) is 17.9. The molecule has 15 aromatic rings. The SMILES string of the molecule is CC(C)(C)NC1CCNCC1.Cc1cc(N)ccc1Nc1nccc(-c2cccnc2)n1.Cc1cc(Nc2cc(Cl)c3ccccc3n2)ccc1Nc1nccc(-c2cccnc2)n1.Cc1cc(Nc2cc(Cl)c3ccccc3n2)ccc1Nc1nccc(-c2cccnc2)n1.Clc1cc(Cl)c2ccccc2n1. The lowest BCUT2D eigenvalue weighted by Gasteiger charge is -2.31. The molecule has 1 saturated heterocycles. The lowest BCUT2D eigenvalue weighted by molar-refractivity contribution is 0.304. The fourth-order valence-corrected chi connectivity index (χ4v) is 12.7. The fourth-order valence-electron chi connectivity index (χ4n) is 11.6.